The third-order valence-electron chi connectivity index (χ3n) is 4.67. The third-order valence-corrected chi connectivity index (χ3v) is 4.67. The molecule has 0 aromatic heterocycles. The van der Waals surface area contributed by atoms with Gasteiger partial charge >= 0.3 is 5.97 Å². The standard InChI is InChI=1S/C15H27NO2/c1-4-18-15(17)10-16(13-7-8-13)14-6-5-11(2)12(3)9-14/h11-14H,4-10H2,1-3H3. The second-order valence-electron chi connectivity index (χ2n) is 6.13. The first-order valence-electron chi connectivity index (χ1n) is 7.53. The first kappa shape index (κ1) is 13.9. The molecule has 0 aromatic rings. The van der Waals surface area contributed by atoms with Crippen LogP contribution >= 0.6 is 0 Å². The summed E-state index contributed by atoms with van der Waals surface area (Å²) in [6, 6.07) is 1.26. The van der Waals surface area contributed by atoms with Crippen LogP contribution in [0.25, 0.3) is 0 Å². The maximum absolute atomic E-state index is 11.7. The first-order valence-corrected chi connectivity index (χ1v) is 7.53. The Morgan fingerprint density at radius 1 is 1.11 bits per heavy atom. The lowest BCUT2D eigenvalue weighted by Gasteiger charge is -2.39. The number of nitrogens with zero attached hydrogens (tertiary/aromatic N) is 1. The molecule has 2 rings (SSSR count). The molecule has 0 aliphatic heterocycles. The second kappa shape index (κ2) is 6.05. The fourth-order valence-electron chi connectivity index (χ4n) is 3.14. The van der Waals surface area contributed by atoms with E-state index in [1.807, 2.05) is 6.92 Å². The van der Waals surface area contributed by atoms with Crippen molar-refractivity contribution >= 4 is 5.97 Å². The zero-order chi connectivity index (χ0) is 13.1. The van der Waals surface area contributed by atoms with Crippen molar-refractivity contribution in [3.8, 4) is 0 Å². The van der Waals surface area contributed by atoms with Crippen LogP contribution in [-0.4, -0.2) is 36.1 Å². The van der Waals surface area contributed by atoms with Gasteiger partial charge in [-0.1, -0.05) is 13.8 Å². The van der Waals surface area contributed by atoms with Gasteiger partial charge in [0.05, 0.1) is 13.2 Å². The quantitative estimate of drug-likeness (QED) is 0.706. The van der Waals surface area contributed by atoms with E-state index in [4.69, 9.17) is 4.74 Å². The minimum Gasteiger partial charge on any atom is -0.465 e. The van der Waals surface area contributed by atoms with E-state index in [2.05, 4.69) is 18.7 Å². The number of hydrogen-bond acceptors (Lipinski definition) is 3. The fourth-order valence-corrected chi connectivity index (χ4v) is 3.14. The minimum atomic E-state index is -0.0457. The summed E-state index contributed by atoms with van der Waals surface area (Å²) in [7, 11) is 0. The Morgan fingerprint density at radius 3 is 2.33 bits per heavy atom. The molecule has 2 aliphatic rings. The molecule has 0 N–H and O–H groups in total. The van der Waals surface area contributed by atoms with E-state index in [9.17, 15) is 4.79 Å². The topological polar surface area (TPSA) is 29.5 Å². The number of rotatable bonds is 5. The van der Waals surface area contributed by atoms with Gasteiger partial charge in [0, 0.05) is 12.1 Å². The molecule has 2 aliphatic carbocycles. The molecule has 0 heterocycles. The summed E-state index contributed by atoms with van der Waals surface area (Å²) < 4.78 is 5.11. The van der Waals surface area contributed by atoms with Gasteiger partial charge in [-0.3, -0.25) is 9.69 Å². The van der Waals surface area contributed by atoms with E-state index in [0.717, 1.165) is 11.8 Å². The van der Waals surface area contributed by atoms with E-state index in [1.54, 1.807) is 0 Å². The molecule has 18 heavy (non-hydrogen) atoms. The van der Waals surface area contributed by atoms with Crippen molar-refractivity contribution in [2.75, 3.05) is 13.2 Å². The van der Waals surface area contributed by atoms with Crippen molar-refractivity contribution in [3.05, 3.63) is 0 Å². The molecular formula is C15H27NO2. The van der Waals surface area contributed by atoms with Crippen LogP contribution in [0, 0.1) is 11.8 Å². The van der Waals surface area contributed by atoms with Crippen molar-refractivity contribution in [1.82, 2.24) is 4.90 Å². The summed E-state index contributed by atoms with van der Waals surface area (Å²) in [5, 5.41) is 0. The minimum absolute atomic E-state index is 0.0457. The van der Waals surface area contributed by atoms with Crippen LogP contribution in [0.2, 0.25) is 0 Å². The molecule has 0 radical (unpaired) electrons. The molecule has 0 aromatic carbocycles. The van der Waals surface area contributed by atoms with Crippen LogP contribution in [0.15, 0.2) is 0 Å². The van der Waals surface area contributed by atoms with Crippen LogP contribution in [0.1, 0.15) is 52.9 Å². The van der Waals surface area contributed by atoms with Crippen LogP contribution in [-0.2, 0) is 9.53 Å². The van der Waals surface area contributed by atoms with Gasteiger partial charge in [0.1, 0.15) is 0 Å². The Hall–Kier alpha value is -0.570. The third kappa shape index (κ3) is 3.47. The maximum atomic E-state index is 11.7. The summed E-state index contributed by atoms with van der Waals surface area (Å²) in [6.45, 7) is 7.59. The molecule has 3 unspecified atom stereocenters. The van der Waals surface area contributed by atoms with Crippen molar-refractivity contribution in [3.63, 3.8) is 0 Å². The zero-order valence-electron chi connectivity index (χ0n) is 12.0. The van der Waals surface area contributed by atoms with Crippen molar-refractivity contribution in [2.45, 2.75) is 65.0 Å². The van der Waals surface area contributed by atoms with Gasteiger partial charge in [-0.25, -0.2) is 0 Å². The first-order chi connectivity index (χ1) is 8.61. The Bertz CT molecular complexity index is 288. The number of hydrogen-bond donors (Lipinski definition) is 0. The average molecular weight is 253 g/mol. The highest BCUT2D eigenvalue weighted by Gasteiger charge is 2.38. The predicted octanol–water partition coefficient (Wildman–Crippen LogP) is 2.84. The molecule has 3 nitrogen and oxygen atoms in total. The van der Waals surface area contributed by atoms with Crippen LogP contribution < -0.4 is 0 Å². The summed E-state index contributed by atoms with van der Waals surface area (Å²) in [5.74, 6) is 1.58. The lowest BCUT2D eigenvalue weighted by Crippen LogP contribution is -2.44. The molecule has 0 amide bonds. The fraction of sp³-hybridized carbons (Fsp3) is 0.933. The highest BCUT2D eigenvalue weighted by atomic mass is 16.5. The normalized spacial score (nSPS) is 32.6. The average Bonchev–Trinajstić information content (AvgIpc) is 3.14. The lowest BCUT2D eigenvalue weighted by molar-refractivity contribution is -0.145. The number of ether oxygens (including phenoxy) is 1. The maximum Gasteiger partial charge on any atom is 0.320 e. The molecule has 2 fully saturated rings. The molecule has 3 heteroatoms. The van der Waals surface area contributed by atoms with E-state index >= 15 is 0 Å². The van der Waals surface area contributed by atoms with Gasteiger partial charge < -0.3 is 4.74 Å². The highest BCUT2D eigenvalue weighted by Crippen LogP contribution is 2.37. The van der Waals surface area contributed by atoms with E-state index in [-0.39, 0.29) is 5.97 Å². The molecule has 3 atom stereocenters. The molecule has 104 valence electrons. The predicted molar refractivity (Wildman–Crippen MR) is 72.3 cm³/mol. The monoisotopic (exact) mass is 253 g/mol. The second-order valence-corrected chi connectivity index (χ2v) is 6.13. The molecule has 0 spiro atoms. The number of carbonyl (C=O) groups is 1. The Balaban J connectivity index is 1.91. The molecule has 0 bridgehead atoms. The van der Waals surface area contributed by atoms with E-state index in [1.165, 1.54) is 32.1 Å². The van der Waals surface area contributed by atoms with Crippen molar-refractivity contribution < 1.29 is 9.53 Å². The van der Waals surface area contributed by atoms with E-state index in [0.29, 0.717) is 25.2 Å². The number of carbonyl (C=O) groups excluding carboxylic acids is 1. The summed E-state index contributed by atoms with van der Waals surface area (Å²) in [6.07, 6.45) is 6.33. The largest absolute Gasteiger partial charge is 0.465 e. The molecule has 2 saturated carbocycles. The Morgan fingerprint density at radius 2 is 1.78 bits per heavy atom. The van der Waals surface area contributed by atoms with Crippen LogP contribution in [0.5, 0.6) is 0 Å². The Labute approximate surface area is 111 Å². The smallest absolute Gasteiger partial charge is 0.320 e. The lowest BCUT2D eigenvalue weighted by atomic mass is 9.78. The van der Waals surface area contributed by atoms with Gasteiger partial charge in [-0.15, -0.1) is 0 Å². The van der Waals surface area contributed by atoms with Gasteiger partial charge in [0.2, 0.25) is 0 Å². The Kier molecular flexibility index (Phi) is 4.66. The van der Waals surface area contributed by atoms with Crippen molar-refractivity contribution in [2.24, 2.45) is 11.8 Å². The summed E-state index contributed by atoms with van der Waals surface area (Å²) >= 11 is 0. The van der Waals surface area contributed by atoms with Crippen LogP contribution in [0.4, 0.5) is 0 Å². The van der Waals surface area contributed by atoms with Gasteiger partial charge in [-0.05, 0) is 50.9 Å². The van der Waals surface area contributed by atoms with Gasteiger partial charge in [-0.2, -0.15) is 0 Å². The van der Waals surface area contributed by atoms with Crippen LogP contribution in [0.3, 0.4) is 0 Å². The summed E-state index contributed by atoms with van der Waals surface area (Å²) in [4.78, 5) is 14.1. The van der Waals surface area contributed by atoms with E-state index < -0.39 is 0 Å². The molecule has 0 saturated heterocycles. The number of esters is 1. The summed E-state index contributed by atoms with van der Waals surface area (Å²) in [5.41, 5.74) is 0. The highest BCUT2D eigenvalue weighted by molar-refractivity contribution is 5.71. The zero-order valence-corrected chi connectivity index (χ0v) is 12.0. The van der Waals surface area contributed by atoms with Gasteiger partial charge in [0.15, 0.2) is 0 Å². The van der Waals surface area contributed by atoms with Crippen molar-refractivity contribution in [1.29, 1.82) is 0 Å². The SMILES string of the molecule is CCOC(=O)CN(C1CC1)C1CCC(C)C(C)C1. The van der Waals surface area contributed by atoms with Gasteiger partial charge in [0.25, 0.3) is 0 Å². The molecular weight excluding hydrogens is 226 g/mol.